The average Bonchev–Trinajstić information content (AvgIpc) is 3.37. The number of fused-ring (bicyclic) bond motifs is 3. The van der Waals surface area contributed by atoms with Gasteiger partial charge in [-0.15, -0.1) is 0 Å². The van der Waals surface area contributed by atoms with Gasteiger partial charge in [0.2, 0.25) is 0 Å². The number of pyridine rings is 1. The summed E-state index contributed by atoms with van der Waals surface area (Å²) in [6.07, 6.45) is 4.89. The zero-order valence-electron chi connectivity index (χ0n) is 16.8. The van der Waals surface area contributed by atoms with E-state index in [1.54, 1.807) is 12.1 Å². The van der Waals surface area contributed by atoms with Crippen LogP contribution >= 0.6 is 11.6 Å². The second kappa shape index (κ2) is 7.46. The smallest absolute Gasteiger partial charge is 0.169 e. The maximum Gasteiger partial charge on any atom is 0.169 e. The number of piperazine rings is 1. The lowest BCUT2D eigenvalue weighted by atomic mass is 10.2. The van der Waals surface area contributed by atoms with E-state index >= 15 is 0 Å². The molecule has 2 atom stereocenters. The van der Waals surface area contributed by atoms with Crippen molar-refractivity contribution in [2.24, 2.45) is 5.92 Å². The number of aromatic nitrogens is 3. The standard InChI is InChI=1S/C22H22ClFN6O/c23-19-17(31-10-12-1-2-12)5-3-15(20(19)24)28-22-21-16(26-11-27-22)4-6-18(29-21)30-9-13-7-14(30)8-25-13/h3-6,11-14,25H,1-2,7-10H2,(H,26,27,28)/t13-,14-/m0/s1. The van der Waals surface area contributed by atoms with Crippen LogP contribution in [0, 0.1) is 11.7 Å². The van der Waals surface area contributed by atoms with E-state index in [1.807, 2.05) is 12.1 Å². The molecule has 7 nitrogen and oxygen atoms in total. The zero-order valence-corrected chi connectivity index (χ0v) is 17.6. The highest BCUT2D eigenvalue weighted by Gasteiger charge is 2.38. The van der Waals surface area contributed by atoms with Crippen LogP contribution in [0.2, 0.25) is 5.02 Å². The normalized spacial score (nSPS) is 22.3. The van der Waals surface area contributed by atoms with E-state index in [1.165, 1.54) is 6.33 Å². The highest BCUT2D eigenvalue weighted by Crippen LogP contribution is 2.36. The molecule has 31 heavy (non-hydrogen) atoms. The van der Waals surface area contributed by atoms with Crippen molar-refractivity contribution in [2.45, 2.75) is 31.3 Å². The van der Waals surface area contributed by atoms with Crippen molar-refractivity contribution in [1.29, 1.82) is 0 Å². The first-order valence-corrected chi connectivity index (χ1v) is 11.0. The highest BCUT2D eigenvalue weighted by atomic mass is 35.5. The molecule has 9 heteroatoms. The first kappa shape index (κ1) is 19.0. The summed E-state index contributed by atoms with van der Waals surface area (Å²) in [6.45, 7) is 2.48. The Labute approximate surface area is 184 Å². The van der Waals surface area contributed by atoms with Crippen LogP contribution < -0.4 is 20.3 Å². The first-order chi connectivity index (χ1) is 15.2. The molecule has 2 N–H and O–H groups in total. The van der Waals surface area contributed by atoms with Gasteiger partial charge < -0.3 is 20.3 Å². The summed E-state index contributed by atoms with van der Waals surface area (Å²) >= 11 is 6.23. The number of benzene rings is 1. The van der Waals surface area contributed by atoms with Crippen LogP contribution in [0.1, 0.15) is 19.3 Å². The summed E-state index contributed by atoms with van der Waals surface area (Å²) in [4.78, 5) is 15.8. The van der Waals surface area contributed by atoms with Crippen molar-refractivity contribution < 1.29 is 9.13 Å². The average molecular weight is 441 g/mol. The molecule has 2 aliphatic heterocycles. The molecule has 3 aliphatic rings. The quantitative estimate of drug-likeness (QED) is 0.602. The van der Waals surface area contributed by atoms with Gasteiger partial charge >= 0.3 is 0 Å². The Morgan fingerprint density at radius 2 is 2.13 bits per heavy atom. The highest BCUT2D eigenvalue weighted by molar-refractivity contribution is 6.32. The second-order valence-electron chi connectivity index (χ2n) is 8.53. The molecule has 1 saturated carbocycles. The van der Waals surface area contributed by atoms with Gasteiger partial charge in [0.05, 0.1) is 17.8 Å². The Morgan fingerprint density at radius 3 is 2.90 bits per heavy atom. The van der Waals surface area contributed by atoms with Gasteiger partial charge in [-0.25, -0.2) is 19.3 Å². The first-order valence-electron chi connectivity index (χ1n) is 10.7. The molecule has 2 bridgehead atoms. The van der Waals surface area contributed by atoms with Crippen molar-refractivity contribution in [1.82, 2.24) is 20.3 Å². The van der Waals surface area contributed by atoms with Gasteiger partial charge in [-0.1, -0.05) is 11.6 Å². The molecule has 2 aromatic heterocycles. The van der Waals surface area contributed by atoms with Crippen LogP contribution in [0.5, 0.6) is 5.75 Å². The van der Waals surface area contributed by atoms with Gasteiger partial charge in [0.15, 0.2) is 11.6 Å². The summed E-state index contributed by atoms with van der Waals surface area (Å²) in [5.74, 6) is 1.69. The topological polar surface area (TPSA) is 75.2 Å². The molecule has 0 radical (unpaired) electrons. The lowest BCUT2D eigenvalue weighted by Crippen LogP contribution is -2.44. The Morgan fingerprint density at radius 1 is 1.23 bits per heavy atom. The third kappa shape index (κ3) is 3.53. The van der Waals surface area contributed by atoms with Gasteiger partial charge in [0.1, 0.15) is 28.4 Å². The van der Waals surface area contributed by atoms with Crippen LogP contribution in [-0.2, 0) is 0 Å². The maximum atomic E-state index is 15.0. The van der Waals surface area contributed by atoms with E-state index in [4.69, 9.17) is 21.3 Å². The predicted molar refractivity (Wildman–Crippen MR) is 118 cm³/mol. The van der Waals surface area contributed by atoms with Crippen LogP contribution in [0.25, 0.3) is 11.0 Å². The number of ether oxygens (including phenoxy) is 1. The monoisotopic (exact) mass is 440 g/mol. The number of anilines is 3. The third-order valence-electron chi connectivity index (χ3n) is 6.29. The molecule has 0 unspecified atom stereocenters. The molecule has 1 aromatic carbocycles. The molecule has 2 saturated heterocycles. The largest absolute Gasteiger partial charge is 0.492 e. The number of nitrogens with one attached hydrogen (secondary N) is 2. The zero-order chi connectivity index (χ0) is 20.9. The molecule has 0 spiro atoms. The molecule has 3 aromatic rings. The lowest BCUT2D eigenvalue weighted by molar-refractivity contribution is 0.298. The van der Waals surface area contributed by atoms with E-state index in [-0.39, 0.29) is 10.7 Å². The van der Waals surface area contributed by atoms with Crippen molar-refractivity contribution in [3.8, 4) is 5.75 Å². The van der Waals surface area contributed by atoms with Gasteiger partial charge in [-0.05, 0) is 49.4 Å². The summed E-state index contributed by atoms with van der Waals surface area (Å²) < 4.78 is 20.6. The Balaban J connectivity index is 1.30. The minimum atomic E-state index is -0.569. The van der Waals surface area contributed by atoms with Crippen molar-refractivity contribution in [3.63, 3.8) is 0 Å². The summed E-state index contributed by atoms with van der Waals surface area (Å²) in [5.41, 5.74) is 1.51. The number of nitrogens with zero attached hydrogens (tertiary/aromatic N) is 4. The van der Waals surface area contributed by atoms with E-state index in [0.717, 1.165) is 38.2 Å². The van der Waals surface area contributed by atoms with Crippen LogP contribution in [-0.4, -0.2) is 46.7 Å². The van der Waals surface area contributed by atoms with Gasteiger partial charge in [-0.2, -0.15) is 0 Å². The summed E-state index contributed by atoms with van der Waals surface area (Å²) in [6, 6.07) is 8.20. The van der Waals surface area contributed by atoms with Crippen LogP contribution in [0.15, 0.2) is 30.6 Å². The molecular formula is C22H22ClFN6O. The van der Waals surface area contributed by atoms with Crippen molar-refractivity contribution in [3.05, 3.63) is 41.4 Å². The maximum absolute atomic E-state index is 15.0. The summed E-state index contributed by atoms with van der Waals surface area (Å²) in [7, 11) is 0. The van der Waals surface area contributed by atoms with E-state index < -0.39 is 5.82 Å². The van der Waals surface area contributed by atoms with E-state index in [9.17, 15) is 4.39 Å². The van der Waals surface area contributed by atoms with Crippen LogP contribution in [0.3, 0.4) is 0 Å². The van der Waals surface area contributed by atoms with Crippen molar-refractivity contribution in [2.75, 3.05) is 29.9 Å². The Hall–Kier alpha value is -2.71. The summed E-state index contributed by atoms with van der Waals surface area (Å²) in [5, 5.41) is 6.52. The fourth-order valence-electron chi connectivity index (χ4n) is 4.38. The molecule has 6 rings (SSSR count). The van der Waals surface area contributed by atoms with Crippen molar-refractivity contribution >= 4 is 40.0 Å². The number of hydrogen-bond donors (Lipinski definition) is 2. The lowest BCUT2D eigenvalue weighted by Gasteiger charge is -2.28. The number of rotatable bonds is 6. The molecule has 0 amide bonds. The third-order valence-corrected chi connectivity index (χ3v) is 6.64. The molecular weight excluding hydrogens is 419 g/mol. The van der Waals surface area contributed by atoms with E-state index in [0.29, 0.717) is 47.2 Å². The Bertz CT molecular complexity index is 1160. The minimum Gasteiger partial charge on any atom is -0.492 e. The van der Waals surface area contributed by atoms with Crippen LogP contribution in [0.4, 0.5) is 21.7 Å². The SMILES string of the molecule is Fc1c(Nc2ncnc3ccc(N4C[C@@H]5C[C@H]4CN5)nc23)ccc(OCC2CC2)c1Cl. The number of hydrogen-bond acceptors (Lipinski definition) is 7. The molecule has 4 heterocycles. The van der Waals surface area contributed by atoms with E-state index in [2.05, 4.69) is 25.5 Å². The minimum absolute atomic E-state index is 0.0294. The predicted octanol–water partition coefficient (Wildman–Crippen LogP) is 3.90. The number of halogens is 2. The van der Waals surface area contributed by atoms with Gasteiger partial charge in [0, 0.05) is 25.2 Å². The fourth-order valence-corrected chi connectivity index (χ4v) is 4.60. The molecule has 160 valence electrons. The van der Waals surface area contributed by atoms with Gasteiger partial charge in [0.25, 0.3) is 0 Å². The molecule has 1 aliphatic carbocycles. The fraction of sp³-hybridized carbons (Fsp3) is 0.409. The van der Waals surface area contributed by atoms with Gasteiger partial charge in [-0.3, -0.25) is 0 Å². The second-order valence-corrected chi connectivity index (χ2v) is 8.90. The molecule has 3 fully saturated rings. The Kier molecular flexibility index (Phi) is 4.57.